The third-order valence-electron chi connectivity index (χ3n) is 4.96. The minimum absolute atomic E-state index is 0.0744. The van der Waals surface area contributed by atoms with Gasteiger partial charge in [-0.3, -0.25) is 14.5 Å². The molecular formula is C20H17Cl2N3O2. The number of hydrogen-bond acceptors (Lipinski definition) is 2. The van der Waals surface area contributed by atoms with Crippen molar-refractivity contribution < 1.29 is 4.79 Å². The smallest absolute Gasteiger partial charge is 0.269 e. The van der Waals surface area contributed by atoms with E-state index in [1.54, 1.807) is 36.3 Å². The number of fused-ring (bicyclic) bond motifs is 1. The molecule has 2 aromatic heterocycles. The zero-order chi connectivity index (χ0) is 19.5. The molecule has 0 unspecified atom stereocenters. The zero-order valence-corrected chi connectivity index (χ0v) is 16.5. The van der Waals surface area contributed by atoms with Crippen molar-refractivity contribution in [2.45, 2.75) is 13.0 Å². The van der Waals surface area contributed by atoms with Gasteiger partial charge in [-0.2, -0.15) is 0 Å². The van der Waals surface area contributed by atoms with Gasteiger partial charge in [0.2, 0.25) is 0 Å². The minimum Gasteiger partial charge on any atom is -0.351 e. The Bertz CT molecular complexity index is 1100. The zero-order valence-electron chi connectivity index (χ0n) is 15.0. The molecule has 0 radical (unpaired) electrons. The van der Waals surface area contributed by atoms with Crippen LogP contribution in [-0.4, -0.2) is 15.0 Å². The van der Waals surface area contributed by atoms with E-state index in [-0.39, 0.29) is 22.5 Å². The second-order valence-electron chi connectivity index (χ2n) is 6.77. The Balaban J connectivity index is 1.97. The van der Waals surface area contributed by atoms with Crippen LogP contribution in [0.4, 0.5) is 5.69 Å². The summed E-state index contributed by atoms with van der Waals surface area (Å²) in [5.41, 5.74) is 3.70. The van der Waals surface area contributed by atoms with Crippen molar-refractivity contribution in [3.8, 4) is 0 Å². The van der Waals surface area contributed by atoms with Crippen LogP contribution in [0.2, 0.25) is 10.0 Å². The Kier molecular flexibility index (Phi) is 4.17. The number of aromatic nitrogens is 2. The number of anilines is 1. The number of nitrogens with zero attached hydrogens (tertiary/aromatic N) is 3. The summed E-state index contributed by atoms with van der Waals surface area (Å²) in [6, 6.07) is 8.65. The SMILES string of the molecule is Cc1cn(C)c2c1C(=O)N(c1cc(Cl)c(=O)n(C)c1)[C@@H]2c1ccc(Cl)cc1. The Morgan fingerprint density at radius 3 is 2.26 bits per heavy atom. The number of pyridine rings is 1. The molecule has 3 heterocycles. The fourth-order valence-electron chi connectivity index (χ4n) is 3.78. The van der Waals surface area contributed by atoms with Gasteiger partial charge in [0, 0.05) is 31.5 Å². The van der Waals surface area contributed by atoms with E-state index in [4.69, 9.17) is 23.2 Å². The van der Waals surface area contributed by atoms with Crippen LogP contribution in [0.25, 0.3) is 0 Å². The number of carbonyl (C=O) groups excluding carboxylic acids is 1. The lowest BCUT2D eigenvalue weighted by molar-refractivity contribution is 0.0993. The van der Waals surface area contributed by atoms with E-state index < -0.39 is 0 Å². The fourth-order valence-corrected chi connectivity index (χ4v) is 4.15. The molecule has 4 rings (SSSR count). The van der Waals surface area contributed by atoms with Gasteiger partial charge in [-0.15, -0.1) is 0 Å². The van der Waals surface area contributed by atoms with Gasteiger partial charge in [0.15, 0.2) is 0 Å². The first kappa shape index (κ1) is 17.9. The maximum absolute atomic E-state index is 13.3. The predicted molar refractivity (Wildman–Crippen MR) is 107 cm³/mol. The number of hydrogen-bond donors (Lipinski definition) is 0. The standard InChI is InChI=1S/C20H17Cl2N3O2/c1-11-9-23(2)18-16(11)20(27)25(14-8-15(22)19(26)24(3)10-14)17(18)12-4-6-13(21)7-5-12/h4-10,17H,1-3H3/t17-/m1/s1. The molecule has 1 aliphatic rings. The normalized spacial score (nSPS) is 16.1. The molecule has 0 saturated heterocycles. The van der Waals surface area contributed by atoms with Crippen molar-refractivity contribution in [2.75, 3.05) is 4.90 Å². The van der Waals surface area contributed by atoms with Gasteiger partial charge < -0.3 is 9.13 Å². The third kappa shape index (κ3) is 2.69. The van der Waals surface area contributed by atoms with Gasteiger partial charge in [0.1, 0.15) is 11.1 Å². The third-order valence-corrected chi connectivity index (χ3v) is 5.48. The highest BCUT2D eigenvalue weighted by Crippen LogP contribution is 2.43. The molecule has 0 fully saturated rings. The van der Waals surface area contributed by atoms with Gasteiger partial charge in [-0.25, -0.2) is 0 Å². The summed E-state index contributed by atoms with van der Waals surface area (Å²) < 4.78 is 3.37. The average Bonchev–Trinajstić information content (AvgIpc) is 3.08. The lowest BCUT2D eigenvalue weighted by Crippen LogP contribution is -2.31. The van der Waals surface area contributed by atoms with Gasteiger partial charge >= 0.3 is 0 Å². The lowest BCUT2D eigenvalue weighted by atomic mass is 10.0. The summed E-state index contributed by atoms with van der Waals surface area (Å²) in [5.74, 6) is -0.113. The summed E-state index contributed by atoms with van der Waals surface area (Å²) in [4.78, 5) is 27.0. The van der Waals surface area contributed by atoms with Crippen LogP contribution in [0.1, 0.15) is 33.2 Å². The number of aryl methyl sites for hydroxylation is 3. The maximum atomic E-state index is 13.3. The number of amides is 1. The van der Waals surface area contributed by atoms with E-state index in [2.05, 4.69) is 0 Å². The quantitative estimate of drug-likeness (QED) is 0.648. The van der Waals surface area contributed by atoms with Crippen molar-refractivity contribution in [3.63, 3.8) is 0 Å². The molecule has 1 aliphatic heterocycles. The van der Waals surface area contributed by atoms with Gasteiger partial charge in [0.05, 0.1) is 16.9 Å². The Morgan fingerprint density at radius 1 is 0.963 bits per heavy atom. The first-order valence-electron chi connectivity index (χ1n) is 8.40. The summed E-state index contributed by atoms with van der Waals surface area (Å²) in [5, 5.41) is 0.702. The molecule has 3 aromatic rings. The van der Waals surface area contributed by atoms with Crippen LogP contribution in [0.15, 0.2) is 47.5 Å². The summed E-state index contributed by atoms with van der Waals surface area (Å²) in [7, 11) is 3.55. The first-order chi connectivity index (χ1) is 12.8. The molecule has 1 amide bonds. The predicted octanol–water partition coefficient (Wildman–Crippen LogP) is 4.09. The van der Waals surface area contributed by atoms with E-state index in [0.29, 0.717) is 16.3 Å². The van der Waals surface area contributed by atoms with Crippen LogP contribution in [0, 0.1) is 6.92 Å². The second-order valence-corrected chi connectivity index (χ2v) is 7.62. The van der Waals surface area contributed by atoms with E-state index in [9.17, 15) is 9.59 Å². The fraction of sp³-hybridized carbons (Fsp3) is 0.200. The molecule has 0 spiro atoms. The Labute approximate surface area is 166 Å². The van der Waals surface area contributed by atoms with Crippen LogP contribution in [0.3, 0.4) is 0 Å². The molecular weight excluding hydrogens is 385 g/mol. The monoisotopic (exact) mass is 401 g/mol. The molecule has 0 saturated carbocycles. The number of halogens is 2. The van der Waals surface area contributed by atoms with E-state index in [0.717, 1.165) is 16.8 Å². The summed E-state index contributed by atoms with van der Waals surface area (Å²) >= 11 is 12.2. The Hall–Kier alpha value is -2.50. The van der Waals surface area contributed by atoms with Crippen LogP contribution in [-0.2, 0) is 14.1 Å². The van der Waals surface area contributed by atoms with Gasteiger partial charge in [-0.05, 0) is 36.2 Å². The Morgan fingerprint density at radius 2 is 1.63 bits per heavy atom. The van der Waals surface area contributed by atoms with E-state index >= 15 is 0 Å². The average molecular weight is 402 g/mol. The summed E-state index contributed by atoms with van der Waals surface area (Å²) in [6.07, 6.45) is 3.59. The highest BCUT2D eigenvalue weighted by molar-refractivity contribution is 6.31. The number of rotatable bonds is 2. The maximum Gasteiger partial charge on any atom is 0.269 e. The van der Waals surface area contributed by atoms with Crippen molar-refractivity contribution in [2.24, 2.45) is 14.1 Å². The highest BCUT2D eigenvalue weighted by atomic mass is 35.5. The molecule has 1 aromatic carbocycles. The highest BCUT2D eigenvalue weighted by Gasteiger charge is 2.42. The molecule has 1 atom stereocenters. The lowest BCUT2D eigenvalue weighted by Gasteiger charge is -2.27. The topological polar surface area (TPSA) is 47.2 Å². The number of benzene rings is 1. The summed E-state index contributed by atoms with van der Waals surface area (Å²) in [6.45, 7) is 1.92. The van der Waals surface area contributed by atoms with Crippen molar-refractivity contribution in [3.05, 3.63) is 85.5 Å². The van der Waals surface area contributed by atoms with Gasteiger partial charge in [0.25, 0.3) is 11.5 Å². The van der Waals surface area contributed by atoms with Crippen LogP contribution < -0.4 is 10.5 Å². The van der Waals surface area contributed by atoms with Crippen molar-refractivity contribution >= 4 is 34.8 Å². The second kappa shape index (κ2) is 6.29. The molecule has 0 bridgehead atoms. The molecule has 0 aliphatic carbocycles. The van der Waals surface area contributed by atoms with E-state index in [1.165, 1.54) is 4.57 Å². The molecule has 7 heteroatoms. The van der Waals surface area contributed by atoms with E-state index in [1.807, 2.05) is 36.9 Å². The first-order valence-corrected chi connectivity index (χ1v) is 9.16. The number of carbonyl (C=O) groups is 1. The van der Waals surface area contributed by atoms with Gasteiger partial charge in [-0.1, -0.05) is 35.3 Å². The van der Waals surface area contributed by atoms with Crippen molar-refractivity contribution in [1.29, 1.82) is 0 Å². The minimum atomic E-state index is -0.336. The molecule has 27 heavy (non-hydrogen) atoms. The largest absolute Gasteiger partial charge is 0.351 e. The van der Waals surface area contributed by atoms with Crippen molar-refractivity contribution in [1.82, 2.24) is 9.13 Å². The van der Waals surface area contributed by atoms with Crippen LogP contribution >= 0.6 is 23.2 Å². The molecule has 0 N–H and O–H groups in total. The van der Waals surface area contributed by atoms with Crippen LogP contribution in [0.5, 0.6) is 0 Å². The molecule has 5 nitrogen and oxygen atoms in total. The molecule has 138 valence electrons.